The molecule has 0 aromatic carbocycles. The number of carboxylic acid groups (broad SMARTS) is 1. The zero-order valence-electron chi connectivity index (χ0n) is 13.5. The van der Waals surface area contributed by atoms with Gasteiger partial charge in [0.05, 0.1) is 11.2 Å². The molecule has 0 rings (SSSR count). The van der Waals surface area contributed by atoms with Crippen LogP contribution in [0.25, 0.3) is 0 Å². The van der Waals surface area contributed by atoms with Crippen molar-refractivity contribution >= 4 is 12.3 Å². The van der Waals surface area contributed by atoms with Crippen molar-refractivity contribution in [1.82, 2.24) is 0 Å². The van der Waals surface area contributed by atoms with E-state index in [1.54, 1.807) is 20.8 Å². The molecule has 0 aliphatic carbocycles. The molecule has 0 saturated carbocycles. The molecule has 0 aromatic heterocycles. The molecule has 0 fully saturated rings. The molecule has 0 aliphatic heterocycles. The van der Waals surface area contributed by atoms with E-state index in [9.17, 15) is 9.59 Å². The lowest BCUT2D eigenvalue weighted by Crippen LogP contribution is -2.46. The van der Waals surface area contributed by atoms with Crippen LogP contribution in [0.4, 0.5) is 9.59 Å². The highest BCUT2D eigenvalue weighted by atomic mass is 17.3. The van der Waals surface area contributed by atoms with Crippen LogP contribution in [0.5, 0.6) is 0 Å². The Labute approximate surface area is 124 Å². The lowest BCUT2D eigenvalue weighted by molar-refractivity contribution is -0.299. The van der Waals surface area contributed by atoms with Crippen LogP contribution < -0.4 is 0 Å². The van der Waals surface area contributed by atoms with Gasteiger partial charge in [-0.05, 0) is 41.5 Å². The summed E-state index contributed by atoms with van der Waals surface area (Å²) in [5.74, 6) is -1.47. The molecule has 0 heterocycles. The van der Waals surface area contributed by atoms with Crippen molar-refractivity contribution in [2.45, 2.75) is 65.5 Å². The minimum atomic E-state index is -1.77. The van der Waals surface area contributed by atoms with E-state index in [0.717, 1.165) is 0 Å². The molecule has 1 atom stereocenters. The molecule has 0 spiro atoms. The van der Waals surface area contributed by atoms with Crippen LogP contribution >= 0.6 is 0 Å². The fourth-order valence-electron chi connectivity index (χ4n) is 1.34. The number of carbonyl (C=O) groups excluding carboxylic acids is 1. The van der Waals surface area contributed by atoms with E-state index in [1.165, 1.54) is 6.92 Å². The third-order valence-corrected chi connectivity index (χ3v) is 1.77. The SMILES string of the molecule is CC(C)(C)OCC(C)(OC(=O)OOC(=O)O)OC(C)(C)C. The van der Waals surface area contributed by atoms with Gasteiger partial charge >= 0.3 is 12.3 Å². The first kappa shape index (κ1) is 19.5. The lowest BCUT2D eigenvalue weighted by Gasteiger charge is -2.36. The molecular formula is C13H24O8. The summed E-state index contributed by atoms with van der Waals surface area (Å²) < 4.78 is 16.2. The quantitative estimate of drug-likeness (QED) is 0.366. The van der Waals surface area contributed by atoms with Gasteiger partial charge in [-0.3, -0.25) is 0 Å². The van der Waals surface area contributed by atoms with Gasteiger partial charge in [0.2, 0.25) is 5.79 Å². The maximum Gasteiger partial charge on any atom is 0.552 e. The van der Waals surface area contributed by atoms with Crippen molar-refractivity contribution < 1.29 is 38.7 Å². The van der Waals surface area contributed by atoms with Crippen LogP contribution in [0.1, 0.15) is 48.5 Å². The highest BCUT2D eigenvalue weighted by Gasteiger charge is 2.37. The van der Waals surface area contributed by atoms with Gasteiger partial charge in [0.15, 0.2) is 0 Å². The van der Waals surface area contributed by atoms with Crippen LogP contribution in [-0.2, 0) is 24.0 Å². The molecule has 124 valence electrons. The third kappa shape index (κ3) is 10.9. The minimum absolute atomic E-state index is 0.0735. The Kier molecular flexibility index (Phi) is 6.44. The summed E-state index contributed by atoms with van der Waals surface area (Å²) in [5, 5.41) is 8.25. The van der Waals surface area contributed by atoms with E-state index in [0.29, 0.717) is 0 Å². The molecule has 8 nitrogen and oxygen atoms in total. The molecule has 21 heavy (non-hydrogen) atoms. The highest BCUT2D eigenvalue weighted by molar-refractivity contribution is 5.62. The van der Waals surface area contributed by atoms with E-state index < -0.39 is 29.3 Å². The lowest BCUT2D eigenvalue weighted by atomic mass is 10.1. The van der Waals surface area contributed by atoms with Gasteiger partial charge in [0.25, 0.3) is 0 Å². The fourth-order valence-corrected chi connectivity index (χ4v) is 1.34. The molecule has 0 bridgehead atoms. The summed E-state index contributed by atoms with van der Waals surface area (Å²) in [6.07, 6.45) is -3.11. The normalized spacial score (nSPS) is 15.0. The van der Waals surface area contributed by atoms with Crippen LogP contribution in [0.3, 0.4) is 0 Å². The molecule has 0 radical (unpaired) electrons. The first-order valence-electron chi connectivity index (χ1n) is 6.37. The molecule has 0 amide bonds. The van der Waals surface area contributed by atoms with Crippen molar-refractivity contribution in [3.05, 3.63) is 0 Å². The van der Waals surface area contributed by atoms with Crippen LogP contribution in [0, 0.1) is 0 Å². The Morgan fingerprint density at radius 1 is 0.905 bits per heavy atom. The Hall–Kier alpha value is -1.54. The maximum atomic E-state index is 11.4. The number of hydrogen-bond donors (Lipinski definition) is 1. The monoisotopic (exact) mass is 308 g/mol. The predicted octanol–water partition coefficient (Wildman–Crippen LogP) is 3.10. The molecule has 0 aromatic rings. The van der Waals surface area contributed by atoms with Crippen LogP contribution in [-0.4, -0.2) is 41.0 Å². The van der Waals surface area contributed by atoms with Crippen molar-refractivity contribution in [2.24, 2.45) is 0 Å². The molecular weight excluding hydrogens is 284 g/mol. The maximum absolute atomic E-state index is 11.4. The Morgan fingerprint density at radius 2 is 1.43 bits per heavy atom. The minimum Gasteiger partial charge on any atom is -0.447 e. The van der Waals surface area contributed by atoms with Gasteiger partial charge in [-0.25, -0.2) is 9.68 Å². The van der Waals surface area contributed by atoms with Crippen molar-refractivity contribution in [1.29, 1.82) is 0 Å². The van der Waals surface area contributed by atoms with Gasteiger partial charge in [-0.15, -0.1) is 0 Å². The average Bonchev–Trinajstić information content (AvgIpc) is 2.20. The second-order valence-electron chi connectivity index (χ2n) is 6.53. The summed E-state index contributed by atoms with van der Waals surface area (Å²) in [6.45, 7) is 12.2. The average molecular weight is 308 g/mol. The molecule has 8 heteroatoms. The highest BCUT2D eigenvalue weighted by Crippen LogP contribution is 2.24. The molecule has 1 unspecified atom stereocenters. The first-order valence-corrected chi connectivity index (χ1v) is 6.37. The Morgan fingerprint density at radius 3 is 1.81 bits per heavy atom. The second kappa shape index (κ2) is 6.95. The molecule has 0 aliphatic rings. The summed E-state index contributed by atoms with van der Waals surface area (Å²) in [5.41, 5.74) is -1.11. The van der Waals surface area contributed by atoms with Crippen LogP contribution in [0.2, 0.25) is 0 Å². The number of carbonyl (C=O) groups is 2. The van der Waals surface area contributed by atoms with Gasteiger partial charge < -0.3 is 19.3 Å². The first-order chi connectivity index (χ1) is 9.22. The Balaban J connectivity index is 4.79. The summed E-state index contributed by atoms with van der Waals surface area (Å²) in [4.78, 5) is 29.2. The molecule has 1 N–H and O–H groups in total. The van der Waals surface area contributed by atoms with E-state index >= 15 is 0 Å². The predicted molar refractivity (Wildman–Crippen MR) is 71.6 cm³/mol. The zero-order chi connectivity index (χ0) is 16.9. The van der Waals surface area contributed by atoms with E-state index in [1.807, 2.05) is 20.8 Å². The van der Waals surface area contributed by atoms with Gasteiger partial charge in [0.1, 0.15) is 6.61 Å². The number of rotatable bonds is 4. The topological polar surface area (TPSA) is 101 Å². The van der Waals surface area contributed by atoms with Gasteiger partial charge in [0, 0.05) is 6.92 Å². The second-order valence-corrected chi connectivity index (χ2v) is 6.53. The number of hydrogen-bond acceptors (Lipinski definition) is 7. The van der Waals surface area contributed by atoms with Gasteiger partial charge in [-0.2, -0.15) is 9.68 Å². The standard InChI is InChI=1S/C13H24O8/c1-11(2,3)17-8-13(7,21-12(4,5)6)18-10(16)20-19-9(14)15/h8H2,1-7H3,(H,14,15). The fraction of sp³-hybridized carbons (Fsp3) is 0.846. The summed E-state index contributed by atoms with van der Waals surface area (Å²) in [6, 6.07) is 0. The van der Waals surface area contributed by atoms with Crippen molar-refractivity contribution in [2.75, 3.05) is 6.61 Å². The smallest absolute Gasteiger partial charge is 0.447 e. The van der Waals surface area contributed by atoms with Crippen molar-refractivity contribution in [3.63, 3.8) is 0 Å². The third-order valence-electron chi connectivity index (χ3n) is 1.77. The zero-order valence-corrected chi connectivity index (χ0v) is 13.5. The number of ether oxygens (including phenoxy) is 3. The van der Waals surface area contributed by atoms with Crippen LogP contribution in [0.15, 0.2) is 0 Å². The Bertz CT molecular complexity index is 365. The van der Waals surface area contributed by atoms with E-state index in [2.05, 4.69) is 9.78 Å². The van der Waals surface area contributed by atoms with Crippen molar-refractivity contribution in [3.8, 4) is 0 Å². The summed E-state index contributed by atoms with van der Waals surface area (Å²) >= 11 is 0. The van der Waals surface area contributed by atoms with E-state index in [-0.39, 0.29) is 6.61 Å². The molecule has 0 saturated heterocycles. The van der Waals surface area contributed by atoms with Gasteiger partial charge in [-0.1, -0.05) is 0 Å². The summed E-state index contributed by atoms with van der Waals surface area (Å²) in [7, 11) is 0. The largest absolute Gasteiger partial charge is 0.552 e. The van der Waals surface area contributed by atoms with E-state index in [4.69, 9.17) is 19.3 Å².